The van der Waals surface area contributed by atoms with Gasteiger partial charge in [-0.25, -0.2) is 4.39 Å². The van der Waals surface area contributed by atoms with Gasteiger partial charge in [0.1, 0.15) is 6.17 Å². The van der Waals surface area contributed by atoms with Crippen LogP contribution in [0.3, 0.4) is 0 Å². The van der Waals surface area contributed by atoms with Crippen LogP contribution in [0.4, 0.5) is 4.39 Å². The van der Waals surface area contributed by atoms with Gasteiger partial charge in [0, 0.05) is 43.4 Å². The first-order valence-corrected chi connectivity index (χ1v) is 9.97. The summed E-state index contributed by atoms with van der Waals surface area (Å²) in [6, 6.07) is 4.07. The van der Waals surface area contributed by atoms with E-state index in [2.05, 4.69) is 11.0 Å². The maximum atomic E-state index is 13.9. The van der Waals surface area contributed by atoms with Crippen molar-refractivity contribution in [2.24, 2.45) is 0 Å². The van der Waals surface area contributed by atoms with E-state index in [1.165, 1.54) is 4.88 Å². The summed E-state index contributed by atoms with van der Waals surface area (Å²) in [5.74, 6) is 1.06. The third-order valence-electron chi connectivity index (χ3n) is 4.65. The van der Waals surface area contributed by atoms with E-state index < -0.39 is 11.8 Å². The summed E-state index contributed by atoms with van der Waals surface area (Å²) < 4.78 is 13.9. The molecule has 4 nitrogen and oxygen atoms in total. The van der Waals surface area contributed by atoms with Crippen LogP contribution in [0, 0.1) is 0 Å². The van der Waals surface area contributed by atoms with E-state index in [1.807, 2.05) is 11.4 Å². The Morgan fingerprint density at radius 1 is 1.61 bits per heavy atom. The Hall–Kier alpha value is -0.630. The smallest absolute Gasteiger partial charge is 0.255 e. The topological polar surface area (TPSA) is 43.8 Å². The summed E-state index contributed by atoms with van der Waals surface area (Å²) in [5, 5.41) is 12.5. The highest BCUT2D eigenvalue weighted by Gasteiger charge is 2.42. The first-order valence-electron chi connectivity index (χ1n) is 7.94. The Balaban J connectivity index is 1.61. The molecule has 128 valence electrons. The standard InChI is InChI=1S/C16H23FN2O2S2/c1-18(15(20)16(21)4-6-22-11-16)9-13-7-12(17)8-19(13)10-14-3-2-5-23-14/h2-3,5,12-13,21H,4,6-11H2,1H3/t12-,13-,16+/m0/s1. The Bertz CT molecular complexity index is 534. The van der Waals surface area contributed by atoms with Gasteiger partial charge < -0.3 is 10.0 Å². The fourth-order valence-corrected chi connectivity index (χ4v) is 5.35. The molecular weight excluding hydrogens is 335 g/mol. The number of thiophene rings is 1. The van der Waals surface area contributed by atoms with Crippen molar-refractivity contribution in [3.63, 3.8) is 0 Å². The van der Waals surface area contributed by atoms with Crippen molar-refractivity contribution in [2.45, 2.75) is 37.2 Å². The van der Waals surface area contributed by atoms with E-state index in [1.54, 1.807) is 35.0 Å². The summed E-state index contributed by atoms with van der Waals surface area (Å²) in [7, 11) is 1.72. The van der Waals surface area contributed by atoms with E-state index in [9.17, 15) is 14.3 Å². The van der Waals surface area contributed by atoms with E-state index >= 15 is 0 Å². The average Bonchev–Trinajstić information content (AvgIpc) is 3.23. The van der Waals surface area contributed by atoms with Gasteiger partial charge in [0.2, 0.25) is 0 Å². The quantitative estimate of drug-likeness (QED) is 0.874. The molecule has 0 aromatic carbocycles. The first-order chi connectivity index (χ1) is 11.0. The average molecular weight is 359 g/mol. The molecule has 0 aliphatic carbocycles. The molecule has 2 aliphatic rings. The minimum atomic E-state index is -1.23. The van der Waals surface area contributed by atoms with E-state index in [0.717, 1.165) is 12.3 Å². The minimum Gasteiger partial charge on any atom is -0.379 e. The molecule has 0 radical (unpaired) electrons. The van der Waals surface area contributed by atoms with Gasteiger partial charge >= 0.3 is 0 Å². The molecule has 1 aromatic rings. The molecule has 3 rings (SSSR count). The molecule has 1 N–H and O–H groups in total. The monoisotopic (exact) mass is 358 g/mol. The number of likely N-dealkylation sites (N-methyl/N-ethyl adjacent to an activating group) is 1. The lowest BCUT2D eigenvalue weighted by Crippen LogP contribution is -2.51. The third kappa shape index (κ3) is 3.90. The number of likely N-dealkylation sites (tertiary alicyclic amines) is 1. The SMILES string of the molecule is CN(C[C@@H]1C[C@H](F)CN1Cc1cccs1)C(=O)[C@@]1(O)CCSC1. The van der Waals surface area contributed by atoms with Crippen LogP contribution in [-0.2, 0) is 11.3 Å². The molecule has 2 saturated heterocycles. The fraction of sp³-hybridized carbons (Fsp3) is 0.688. The number of hydrogen-bond acceptors (Lipinski definition) is 5. The summed E-state index contributed by atoms with van der Waals surface area (Å²) in [4.78, 5) is 17.4. The lowest BCUT2D eigenvalue weighted by Gasteiger charge is -2.32. The molecule has 1 aromatic heterocycles. The molecular formula is C16H23FN2O2S2. The highest BCUT2D eigenvalue weighted by molar-refractivity contribution is 7.99. The summed E-state index contributed by atoms with van der Waals surface area (Å²) >= 11 is 3.28. The highest BCUT2D eigenvalue weighted by Crippen LogP contribution is 2.30. The van der Waals surface area contributed by atoms with Crippen molar-refractivity contribution < 1.29 is 14.3 Å². The second kappa shape index (κ2) is 7.09. The number of halogens is 1. The lowest BCUT2D eigenvalue weighted by atomic mass is 10.0. The van der Waals surface area contributed by atoms with E-state index in [-0.39, 0.29) is 11.9 Å². The van der Waals surface area contributed by atoms with Crippen molar-refractivity contribution in [3.05, 3.63) is 22.4 Å². The number of thioether (sulfide) groups is 1. The number of amides is 1. The number of hydrogen-bond donors (Lipinski definition) is 1. The van der Waals surface area contributed by atoms with Crippen LogP contribution in [0.5, 0.6) is 0 Å². The zero-order valence-corrected chi connectivity index (χ0v) is 14.9. The summed E-state index contributed by atoms with van der Waals surface area (Å²) in [6.45, 7) is 1.62. The second-order valence-corrected chi connectivity index (χ2v) is 8.65. The number of rotatable bonds is 5. The number of carbonyl (C=O) groups excluding carboxylic acids is 1. The fourth-order valence-electron chi connectivity index (χ4n) is 3.39. The van der Waals surface area contributed by atoms with Crippen molar-refractivity contribution >= 4 is 29.0 Å². The summed E-state index contributed by atoms with van der Waals surface area (Å²) in [5.41, 5.74) is -1.23. The molecule has 23 heavy (non-hydrogen) atoms. The van der Waals surface area contributed by atoms with Gasteiger partial charge in [-0.3, -0.25) is 9.69 Å². The lowest BCUT2D eigenvalue weighted by molar-refractivity contribution is -0.148. The van der Waals surface area contributed by atoms with Crippen molar-refractivity contribution in [3.8, 4) is 0 Å². The van der Waals surface area contributed by atoms with Gasteiger partial charge in [-0.15, -0.1) is 11.3 Å². The molecule has 0 saturated carbocycles. The predicted octanol–water partition coefficient (Wildman–Crippen LogP) is 1.99. The zero-order valence-electron chi connectivity index (χ0n) is 13.3. The summed E-state index contributed by atoms with van der Waals surface area (Å²) in [6.07, 6.45) is 0.125. The Kier molecular flexibility index (Phi) is 5.30. The molecule has 3 heterocycles. The Morgan fingerprint density at radius 2 is 2.43 bits per heavy atom. The van der Waals surface area contributed by atoms with Crippen LogP contribution < -0.4 is 0 Å². The van der Waals surface area contributed by atoms with Crippen LogP contribution in [-0.4, -0.2) is 70.3 Å². The van der Waals surface area contributed by atoms with Gasteiger partial charge in [-0.05, 0) is 30.0 Å². The number of alkyl halides is 1. The van der Waals surface area contributed by atoms with Gasteiger partial charge in [0.25, 0.3) is 5.91 Å². The van der Waals surface area contributed by atoms with Crippen LogP contribution in [0.2, 0.25) is 0 Å². The maximum Gasteiger partial charge on any atom is 0.255 e. The van der Waals surface area contributed by atoms with Crippen LogP contribution in [0.25, 0.3) is 0 Å². The molecule has 2 aliphatic heterocycles. The molecule has 3 atom stereocenters. The van der Waals surface area contributed by atoms with Gasteiger partial charge in [0.05, 0.1) is 0 Å². The van der Waals surface area contributed by atoms with E-state index in [0.29, 0.717) is 31.7 Å². The molecule has 1 amide bonds. The van der Waals surface area contributed by atoms with E-state index in [4.69, 9.17) is 0 Å². The Labute approximate surface area is 144 Å². The zero-order chi connectivity index (χ0) is 16.4. The highest BCUT2D eigenvalue weighted by atomic mass is 32.2. The predicted molar refractivity (Wildman–Crippen MR) is 92.6 cm³/mol. The maximum absolute atomic E-state index is 13.9. The number of nitrogens with zero attached hydrogens (tertiary/aromatic N) is 2. The largest absolute Gasteiger partial charge is 0.379 e. The molecule has 7 heteroatoms. The van der Waals surface area contributed by atoms with Gasteiger partial charge in [-0.2, -0.15) is 11.8 Å². The minimum absolute atomic E-state index is 0.0127. The van der Waals surface area contributed by atoms with Crippen molar-refractivity contribution in [1.82, 2.24) is 9.80 Å². The first kappa shape index (κ1) is 17.2. The molecule has 2 fully saturated rings. The third-order valence-corrected chi connectivity index (χ3v) is 6.68. The van der Waals surface area contributed by atoms with Crippen molar-refractivity contribution in [2.75, 3.05) is 31.6 Å². The van der Waals surface area contributed by atoms with Crippen LogP contribution >= 0.6 is 23.1 Å². The molecule has 0 spiro atoms. The second-order valence-electron chi connectivity index (χ2n) is 6.52. The molecule has 0 unspecified atom stereocenters. The van der Waals surface area contributed by atoms with Crippen LogP contribution in [0.1, 0.15) is 17.7 Å². The van der Waals surface area contributed by atoms with Gasteiger partial charge in [0.15, 0.2) is 5.60 Å². The number of aliphatic hydroxyl groups is 1. The van der Waals surface area contributed by atoms with Crippen molar-refractivity contribution in [1.29, 1.82) is 0 Å². The Morgan fingerprint density at radius 3 is 3.09 bits per heavy atom. The number of carbonyl (C=O) groups is 1. The molecule has 0 bridgehead atoms. The van der Waals surface area contributed by atoms with Gasteiger partial charge in [-0.1, -0.05) is 6.07 Å². The van der Waals surface area contributed by atoms with Crippen LogP contribution in [0.15, 0.2) is 17.5 Å². The normalized spacial score (nSPS) is 31.6.